The number of hydrogen-bond acceptors (Lipinski definition) is 3. The van der Waals surface area contributed by atoms with Gasteiger partial charge in [0, 0.05) is 4.91 Å². The SMILES string of the molecule is CC(C)c1cccc(C(C)C)c1C(O)C(O)CN=[N+]=[N-]. The molecular weight excluding hydrogens is 254 g/mol. The number of rotatable bonds is 6. The molecule has 1 aromatic carbocycles. The van der Waals surface area contributed by atoms with Crippen molar-refractivity contribution in [3.8, 4) is 0 Å². The average molecular weight is 277 g/mol. The smallest absolute Gasteiger partial charge is 0.106 e. The van der Waals surface area contributed by atoms with E-state index in [-0.39, 0.29) is 18.4 Å². The highest BCUT2D eigenvalue weighted by atomic mass is 16.3. The molecule has 0 aliphatic rings. The van der Waals surface area contributed by atoms with Crippen LogP contribution in [0.15, 0.2) is 23.3 Å². The number of aliphatic hydroxyl groups is 2. The van der Waals surface area contributed by atoms with Gasteiger partial charge in [-0.1, -0.05) is 51.0 Å². The van der Waals surface area contributed by atoms with E-state index in [0.29, 0.717) is 0 Å². The number of azide groups is 1. The quantitative estimate of drug-likeness (QED) is 0.472. The molecule has 0 bridgehead atoms. The Balaban J connectivity index is 3.28. The van der Waals surface area contributed by atoms with Crippen LogP contribution in [0.2, 0.25) is 0 Å². The lowest BCUT2D eigenvalue weighted by molar-refractivity contribution is 0.0231. The van der Waals surface area contributed by atoms with Crippen LogP contribution in [0.5, 0.6) is 0 Å². The molecule has 1 rings (SSSR count). The minimum atomic E-state index is -1.09. The summed E-state index contributed by atoms with van der Waals surface area (Å²) in [6.45, 7) is 8.07. The molecule has 0 spiro atoms. The third kappa shape index (κ3) is 3.73. The van der Waals surface area contributed by atoms with Gasteiger partial charge in [0.15, 0.2) is 0 Å². The molecule has 20 heavy (non-hydrogen) atoms. The molecule has 1 aromatic rings. The van der Waals surface area contributed by atoms with Gasteiger partial charge in [-0.3, -0.25) is 0 Å². The largest absolute Gasteiger partial charge is 0.390 e. The van der Waals surface area contributed by atoms with Crippen LogP contribution in [0, 0.1) is 0 Å². The van der Waals surface area contributed by atoms with Crippen LogP contribution in [0.3, 0.4) is 0 Å². The van der Waals surface area contributed by atoms with E-state index in [4.69, 9.17) is 5.53 Å². The molecule has 0 saturated heterocycles. The van der Waals surface area contributed by atoms with E-state index in [0.717, 1.165) is 16.7 Å². The Morgan fingerprint density at radius 3 is 2.00 bits per heavy atom. The van der Waals surface area contributed by atoms with Crippen molar-refractivity contribution in [3.05, 3.63) is 45.3 Å². The van der Waals surface area contributed by atoms with E-state index in [1.165, 1.54) is 0 Å². The van der Waals surface area contributed by atoms with Gasteiger partial charge in [-0.2, -0.15) is 0 Å². The van der Waals surface area contributed by atoms with Crippen molar-refractivity contribution in [2.24, 2.45) is 5.11 Å². The van der Waals surface area contributed by atoms with Crippen molar-refractivity contribution < 1.29 is 10.2 Å². The average Bonchev–Trinajstić information content (AvgIpc) is 2.42. The molecule has 5 nitrogen and oxygen atoms in total. The normalized spacial score (nSPS) is 14.2. The van der Waals surface area contributed by atoms with Crippen molar-refractivity contribution >= 4 is 0 Å². The monoisotopic (exact) mass is 277 g/mol. The van der Waals surface area contributed by atoms with Crippen molar-refractivity contribution in [2.45, 2.75) is 51.7 Å². The molecule has 0 amide bonds. The second-order valence-corrected chi connectivity index (χ2v) is 5.59. The molecule has 0 aromatic heterocycles. The number of hydrogen-bond donors (Lipinski definition) is 2. The number of aliphatic hydroxyl groups excluding tert-OH is 2. The molecule has 0 aliphatic heterocycles. The zero-order valence-electron chi connectivity index (χ0n) is 12.5. The predicted octanol–water partition coefficient (Wildman–Crippen LogP) is 3.64. The minimum absolute atomic E-state index is 0.137. The summed E-state index contributed by atoms with van der Waals surface area (Å²) in [5.74, 6) is 0.482. The summed E-state index contributed by atoms with van der Waals surface area (Å²) in [6, 6.07) is 5.91. The first-order valence-corrected chi connectivity index (χ1v) is 6.89. The predicted molar refractivity (Wildman–Crippen MR) is 79.6 cm³/mol. The second-order valence-electron chi connectivity index (χ2n) is 5.59. The molecule has 0 radical (unpaired) electrons. The molecule has 0 saturated carbocycles. The van der Waals surface area contributed by atoms with Gasteiger partial charge >= 0.3 is 0 Å². The van der Waals surface area contributed by atoms with Crippen molar-refractivity contribution in [1.82, 2.24) is 0 Å². The topological polar surface area (TPSA) is 89.2 Å². The van der Waals surface area contributed by atoms with Crippen LogP contribution in [-0.4, -0.2) is 22.9 Å². The van der Waals surface area contributed by atoms with Gasteiger partial charge in [0.1, 0.15) is 6.10 Å². The van der Waals surface area contributed by atoms with Crippen molar-refractivity contribution in [2.75, 3.05) is 6.54 Å². The van der Waals surface area contributed by atoms with Crippen molar-refractivity contribution in [1.29, 1.82) is 0 Å². The Hall–Kier alpha value is -1.55. The maximum atomic E-state index is 10.4. The first kappa shape index (κ1) is 16.5. The molecule has 2 atom stereocenters. The third-order valence-electron chi connectivity index (χ3n) is 3.41. The van der Waals surface area contributed by atoms with Gasteiger partial charge in [-0.15, -0.1) is 0 Å². The maximum absolute atomic E-state index is 10.4. The molecular formula is C15H23N3O2. The Morgan fingerprint density at radius 1 is 1.10 bits per heavy atom. The van der Waals surface area contributed by atoms with E-state index in [1.54, 1.807) is 0 Å². The van der Waals surface area contributed by atoms with Gasteiger partial charge < -0.3 is 10.2 Å². The summed E-state index contributed by atoms with van der Waals surface area (Å²) in [6.07, 6.45) is -2.14. The second kappa shape index (κ2) is 7.29. The summed E-state index contributed by atoms with van der Waals surface area (Å²) >= 11 is 0. The summed E-state index contributed by atoms with van der Waals surface area (Å²) in [5, 5.41) is 23.8. The fourth-order valence-corrected chi connectivity index (χ4v) is 2.36. The fourth-order valence-electron chi connectivity index (χ4n) is 2.36. The molecule has 2 N–H and O–H groups in total. The Kier molecular flexibility index (Phi) is 6.02. The Bertz CT molecular complexity index is 468. The maximum Gasteiger partial charge on any atom is 0.106 e. The summed E-state index contributed by atoms with van der Waals surface area (Å²) < 4.78 is 0. The minimum Gasteiger partial charge on any atom is -0.390 e. The first-order chi connectivity index (χ1) is 9.40. The van der Waals surface area contributed by atoms with Crippen molar-refractivity contribution in [3.63, 3.8) is 0 Å². The first-order valence-electron chi connectivity index (χ1n) is 6.89. The Morgan fingerprint density at radius 2 is 1.60 bits per heavy atom. The zero-order chi connectivity index (χ0) is 15.3. The van der Waals surface area contributed by atoms with Crippen LogP contribution >= 0.6 is 0 Å². The van der Waals surface area contributed by atoms with Gasteiger partial charge in [0.05, 0.1) is 12.6 Å². The molecule has 110 valence electrons. The van der Waals surface area contributed by atoms with Crippen LogP contribution in [-0.2, 0) is 0 Å². The summed E-state index contributed by atoms with van der Waals surface area (Å²) in [4.78, 5) is 2.62. The molecule has 2 unspecified atom stereocenters. The zero-order valence-corrected chi connectivity index (χ0v) is 12.5. The summed E-state index contributed by atoms with van der Waals surface area (Å²) in [7, 11) is 0. The van der Waals surface area contributed by atoms with Gasteiger partial charge in [0.2, 0.25) is 0 Å². The third-order valence-corrected chi connectivity index (χ3v) is 3.41. The van der Waals surface area contributed by atoms with Gasteiger partial charge in [-0.25, -0.2) is 0 Å². The van der Waals surface area contributed by atoms with Crippen LogP contribution in [0.4, 0.5) is 0 Å². The Labute approximate surface area is 119 Å². The standard InChI is InChI=1S/C15H23N3O2/c1-9(2)11-6-5-7-12(10(3)4)14(11)15(20)13(19)8-17-18-16/h5-7,9-10,13,15,19-20H,8H2,1-4H3. The van der Waals surface area contributed by atoms with E-state index >= 15 is 0 Å². The highest BCUT2D eigenvalue weighted by Crippen LogP contribution is 2.33. The molecule has 5 heteroatoms. The lowest BCUT2D eigenvalue weighted by Crippen LogP contribution is -2.24. The van der Waals surface area contributed by atoms with E-state index < -0.39 is 12.2 Å². The lowest BCUT2D eigenvalue weighted by Gasteiger charge is -2.26. The lowest BCUT2D eigenvalue weighted by atomic mass is 9.84. The van der Waals surface area contributed by atoms with Crippen LogP contribution < -0.4 is 0 Å². The highest BCUT2D eigenvalue weighted by molar-refractivity contribution is 5.41. The summed E-state index contributed by atoms with van der Waals surface area (Å²) in [5.41, 5.74) is 11.1. The molecule has 0 aliphatic carbocycles. The number of nitrogens with zero attached hydrogens (tertiary/aromatic N) is 3. The van der Waals surface area contributed by atoms with Crippen LogP contribution in [0.25, 0.3) is 10.4 Å². The molecule has 0 heterocycles. The molecule has 0 fully saturated rings. The van der Waals surface area contributed by atoms with E-state index in [2.05, 4.69) is 37.7 Å². The van der Waals surface area contributed by atoms with Gasteiger partial charge in [-0.05, 0) is 34.1 Å². The van der Waals surface area contributed by atoms with E-state index in [9.17, 15) is 10.2 Å². The van der Waals surface area contributed by atoms with Gasteiger partial charge in [0.25, 0.3) is 0 Å². The van der Waals surface area contributed by atoms with E-state index in [1.807, 2.05) is 18.2 Å². The fraction of sp³-hybridized carbons (Fsp3) is 0.600. The number of benzene rings is 1. The highest BCUT2D eigenvalue weighted by Gasteiger charge is 2.25. The van der Waals surface area contributed by atoms with Crippen LogP contribution in [0.1, 0.15) is 62.3 Å².